The van der Waals surface area contributed by atoms with Crippen LogP contribution < -0.4 is 5.32 Å². The van der Waals surface area contributed by atoms with Gasteiger partial charge >= 0.3 is 0 Å². The molecule has 2 N–H and O–H groups in total. The number of ketones is 1. The molecule has 0 amide bonds. The average molecular weight is 386 g/mol. The minimum atomic E-state index is -0.165. The number of phenolic OH excluding ortho intramolecular Hbond substituents is 1. The van der Waals surface area contributed by atoms with Gasteiger partial charge in [0.15, 0.2) is 5.78 Å². The highest BCUT2D eigenvalue weighted by Crippen LogP contribution is 2.49. The molecule has 0 bridgehead atoms. The number of benzene rings is 2. The molecular formula is C24H22N2O3. The number of aromatic nitrogens is 1. The predicted octanol–water partition coefficient (Wildman–Crippen LogP) is 4.96. The van der Waals surface area contributed by atoms with Gasteiger partial charge in [-0.2, -0.15) is 0 Å². The summed E-state index contributed by atoms with van der Waals surface area (Å²) in [6.07, 6.45) is 1.17. The number of allylic oxidation sites excluding steroid dienone is 2. The van der Waals surface area contributed by atoms with E-state index in [4.69, 9.17) is 4.52 Å². The first-order valence-electron chi connectivity index (χ1n) is 9.86. The molecule has 0 saturated carbocycles. The Kier molecular flexibility index (Phi) is 4.05. The monoisotopic (exact) mass is 386 g/mol. The lowest BCUT2D eigenvalue weighted by Crippen LogP contribution is -2.29. The van der Waals surface area contributed by atoms with Gasteiger partial charge in [0.2, 0.25) is 5.88 Å². The highest BCUT2D eigenvalue weighted by atomic mass is 16.5. The number of aromatic hydroxyl groups is 1. The zero-order valence-electron chi connectivity index (χ0n) is 16.4. The molecule has 0 fully saturated rings. The molecule has 2 heterocycles. The number of anilines is 1. The van der Waals surface area contributed by atoms with Crippen molar-refractivity contribution >= 4 is 11.7 Å². The lowest BCUT2D eigenvalue weighted by Gasteiger charge is -2.34. The molecular weight excluding hydrogens is 364 g/mol. The molecule has 2 aliphatic rings. The lowest BCUT2D eigenvalue weighted by molar-refractivity contribution is -0.116. The van der Waals surface area contributed by atoms with E-state index in [1.807, 2.05) is 19.1 Å². The molecule has 29 heavy (non-hydrogen) atoms. The molecule has 0 saturated heterocycles. The number of carbonyl (C=O) groups excluding carboxylic acids is 1. The number of nitrogens with one attached hydrogen (secondary N) is 1. The van der Waals surface area contributed by atoms with Gasteiger partial charge in [-0.05, 0) is 49.4 Å². The van der Waals surface area contributed by atoms with E-state index in [1.54, 1.807) is 12.1 Å². The van der Waals surface area contributed by atoms with Crippen LogP contribution in [0.5, 0.6) is 5.75 Å². The standard InChI is InChI=1S/C24H22N2O3/c1-13-3-5-16(6-4-13)22-21-14(2)26-29-24(21)25-19-11-17(12-20(28)23(19)22)15-7-9-18(27)10-8-15/h3-10,17,22,25,27H,11-12H2,1-2H3/t17-,22+/m0/s1. The number of fused-ring (bicyclic) bond motifs is 1. The molecule has 0 spiro atoms. The van der Waals surface area contributed by atoms with E-state index in [0.717, 1.165) is 33.7 Å². The van der Waals surface area contributed by atoms with Gasteiger partial charge in [0, 0.05) is 23.6 Å². The van der Waals surface area contributed by atoms with E-state index in [-0.39, 0.29) is 23.4 Å². The molecule has 1 aliphatic carbocycles. The van der Waals surface area contributed by atoms with Gasteiger partial charge in [-0.1, -0.05) is 47.1 Å². The summed E-state index contributed by atoms with van der Waals surface area (Å²) in [7, 11) is 0. The van der Waals surface area contributed by atoms with Crippen LogP contribution in [0.15, 0.2) is 64.3 Å². The van der Waals surface area contributed by atoms with E-state index >= 15 is 0 Å². The Bertz CT molecular complexity index is 1120. The van der Waals surface area contributed by atoms with Crippen molar-refractivity contribution in [1.29, 1.82) is 0 Å². The summed E-state index contributed by atoms with van der Waals surface area (Å²) in [6.45, 7) is 3.98. The minimum Gasteiger partial charge on any atom is -0.508 e. The van der Waals surface area contributed by atoms with Crippen molar-refractivity contribution in [3.63, 3.8) is 0 Å². The quantitative estimate of drug-likeness (QED) is 0.651. The fraction of sp³-hybridized carbons (Fsp3) is 0.250. The molecule has 5 rings (SSSR count). The molecule has 1 aliphatic heterocycles. The third-order valence-electron chi connectivity index (χ3n) is 6.03. The lowest BCUT2D eigenvalue weighted by atomic mass is 9.72. The molecule has 0 unspecified atom stereocenters. The Morgan fingerprint density at radius 1 is 1.00 bits per heavy atom. The molecule has 146 valence electrons. The summed E-state index contributed by atoms with van der Waals surface area (Å²) in [6, 6.07) is 15.5. The van der Waals surface area contributed by atoms with Gasteiger partial charge in [-0.3, -0.25) is 4.79 Å². The van der Waals surface area contributed by atoms with Crippen LogP contribution in [-0.4, -0.2) is 16.0 Å². The highest BCUT2D eigenvalue weighted by molar-refractivity contribution is 6.01. The summed E-state index contributed by atoms with van der Waals surface area (Å²) in [4.78, 5) is 13.4. The van der Waals surface area contributed by atoms with Crippen molar-refractivity contribution in [2.75, 3.05) is 5.32 Å². The summed E-state index contributed by atoms with van der Waals surface area (Å²) >= 11 is 0. The van der Waals surface area contributed by atoms with Gasteiger partial charge in [0.25, 0.3) is 0 Å². The number of aryl methyl sites for hydroxylation is 2. The van der Waals surface area contributed by atoms with Crippen LogP contribution in [0.3, 0.4) is 0 Å². The SMILES string of the molecule is Cc1ccc([C@H]2C3=C(C[C@H](c4ccc(O)cc4)CC3=O)Nc3onc(C)c32)cc1. The second-order valence-electron chi connectivity index (χ2n) is 7.99. The van der Waals surface area contributed by atoms with E-state index in [9.17, 15) is 9.90 Å². The topological polar surface area (TPSA) is 75.4 Å². The van der Waals surface area contributed by atoms with E-state index < -0.39 is 0 Å². The number of phenols is 1. The van der Waals surface area contributed by atoms with Crippen LogP contribution in [0.25, 0.3) is 0 Å². The van der Waals surface area contributed by atoms with Crippen LogP contribution in [-0.2, 0) is 4.79 Å². The largest absolute Gasteiger partial charge is 0.508 e. The van der Waals surface area contributed by atoms with Crippen LogP contribution >= 0.6 is 0 Å². The Morgan fingerprint density at radius 3 is 2.41 bits per heavy atom. The molecule has 2 aromatic carbocycles. The van der Waals surface area contributed by atoms with Crippen LogP contribution in [0.1, 0.15) is 52.6 Å². The van der Waals surface area contributed by atoms with Crippen molar-refractivity contribution in [2.45, 2.75) is 38.5 Å². The smallest absolute Gasteiger partial charge is 0.233 e. The fourth-order valence-corrected chi connectivity index (χ4v) is 4.55. The van der Waals surface area contributed by atoms with Gasteiger partial charge < -0.3 is 14.9 Å². The predicted molar refractivity (Wildman–Crippen MR) is 110 cm³/mol. The first-order chi connectivity index (χ1) is 14.0. The van der Waals surface area contributed by atoms with Crippen molar-refractivity contribution in [1.82, 2.24) is 5.16 Å². The zero-order valence-corrected chi connectivity index (χ0v) is 16.4. The fourth-order valence-electron chi connectivity index (χ4n) is 4.55. The third kappa shape index (κ3) is 2.94. The van der Waals surface area contributed by atoms with Crippen LogP contribution in [0, 0.1) is 13.8 Å². The van der Waals surface area contributed by atoms with Crippen molar-refractivity contribution in [3.05, 3.63) is 87.7 Å². The summed E-state index contributed by atoms with van der Waals surface area (Å²) in [5, 5.41) is 17.1. The summed E-state index contributed by atoms with van der Waals surface area (Å²) in [5.41, 5.74) is 6.80. The third-order valence-corrected chi connectivity index (χ3v) is 6.03. The number of carbonyl (C=O) groups is 1. The summed E-state index contributed by atoms with van der Waals surface area (Å²) in [5.74, 6) is 0.910. The number of hydrogen-bond acceptors (Lipinski definition) is 5. The molecule has 3 aromatic rings. The highest BCUT2D eigenvalue weighted by Gasteiger charge is 2.41. The Balaban J connectivity index is 1.61. The van der Waals surface area contributed by atoms with Gasteiger partial charge in [0.1, 0.15) is 5.75 Å². The number of Topliss-reactive ketones (excluding diaryl/α,β-unsaturated/α-hetero) is 1. The summed E-state index contributed by atoms with van der Waals surface area (Å²) < 4.78 is 5.56. The molecule has 1 aromatic heterocycles. The van der Waals surface area contributed by atoms with E-state index in [0.29, 0.717) is 18.7 Å². The minimum absolute atomic E-state index is 0.0681. The molecule has 5 nitrogen and oxygen atoms in total. The molecule has 0 radical (unpaired) electrons. The normalized spacial score (nSPS) is 20.8. The van der Waals surface area contributed by atoms with Crippen LogP contribution in [0.4, 0.5) is 5.88 Å². The van der Waals surface area contributed by atoms with Crippen molar-refractivity contribution in [2.24, 2.45) is 0 Å². The van der Waals surface area contributed by atoms with E-state index in [1.165, 1.54) is 5.56 Å². The average Bonchev–Trinajstić information content (AvgIpc) is 3.08. The Morgan fingerprint density at radius 2 is 1.69 bits per heavy atom. The van der Waals surface area contributed by atoms with Gasteiger partial charge in [-0.15, -0.1) is 0 Å². The number of nitrogens with zero attached hydrogens (tertiary/aromatic N) is 1. The maximum Gasteiger partial charge on any atom is 0.233 e. The maximum atomic E-state index is 13.4. The maximum absolute atomic E-state index is 13.4. The number of rotatable bonds is 2. The second kappa shape index (κ2) is 6.62. The zero-order chi connectivity index (χ0) is 20.1. The van der Waals surface area contributed by atoms with Crippen molar-refractivity contribution < 1.29 is 14.4 Å². The van der Waals surface area contributed by atoms with Crippen LogP contribution in [0.2, 0.25) is 0 Å². The van der Waals surface area contributed by atoms with Gasteiger partial charge in [0.05, 0.1) is 11.3 Å². The first kappa shape index (κ1) is 17.7. The molecule has 2 atom stereocenters. The Hall–Kier alpha value is -3.34. The van der Waals surface area contributed by atoms with Crippen molar-refractivity contribution in [3.8, 4) is 5.75 Å². The first-order valence-corrected chi connectivity index (χ1v) is 9.86. The Labute approximate surface area is 169 Å². The number of hydrogen-bond donors (Lipinski definition) is 2. The van der Waals surface area contributed by atoms with E-state index in [2.05, 4.69) is 41.7 Å². The second-order valence-corrected chi connectivity index (χ2v) is 7.99. The molecule has 5 heteroatoms. The van der Waals surface area contributed by atoms with Gasteiger partial charge in [-0.25, -0.2) is 0 Å².